The zero-order valence-corrected chi connectivity index (χ0v) is 12.0. The summed E-state index contributed by atoms with van der Waals surface area (Å²) < 4.78 is 24.6. The summed E-state index contributed by atoms with van der Waals surface area (Å²) in [5, 5.41) is 0.518. The summed E-state index contributed by atoms with van der Waals surface area (Å²) in [4.78, 5) is 0.165. The number of nitrogen functional groups attached to an aromatic ring is 1. The van der Waals surface area contributed by atoms with E-state index in [1.807, 2.05) is 6.92 Å². The van der Waals surface area contributed by atoms with Crippen LogP contribution in [0.25, 0.3) is 0 Å². The Hall–Kier alpha value is -1.52. The van der Waals surface area contributed by atoms with Crippen LogP contribution < -0.4 is 5.73 Å². The normalized spacial score (nSPS) is 11.5. The zero-order valence-electron chi connectivity index (χ0n) is 10.4. The highest BCUT2D eigenvalue weighted by Crippen LogP contribution is 2.24. The van der Waals surface area contributed by atoms with Crippen molar-refractivity contribution in [3.63, 3.8) is 0 Å². The van der Waals surface area contributed by atoms with Crippen molar-refractivity contribution in [2.24, 2.45) is 0 Å². The summed E-state index contributed by atoms with van der Waals surface area (Å²) in [5.74, 6) is -0.110. The molecule has 0 aliphatic heterocycles. The van der Waals surface area contributed by atoms with Gasteiger partial charge in [0.05, 0.1) is 16.3 Å². The first-order valence-electron chi connectivity index (χ1n) is 5.72. The van der Waals surface area contributed by atoms with Crippen LogP contribution in [0.5, 0.6) is 0 Å². The number of benzene rings is 2. The number of sulfone groups is 1. The summed E-state index contributed by atoms with van der Waals surface area (Å²) in [7, 11) is -3.46. The maximum atomic E-state index is 12.3. The molecule has 2 N–H and O–H groups in total. The molecule has 0 aromatic heterocycles. The van der Waals surface area contributed by atoms with Gasteiger partial charge in [0.15, 0.2) is 9.84 Å². The third-order valence-electron chi connectivity index (χ3n) is 2.75. The van der Waals surface area contributed by atoms with E-state index in [9.17, 15) is 8.42 Å². The van der Waals surface area contributed by atoms with Crippen LogP contribution in [0, 0.1) is 6.92 Å². The molecule has 19 heavy (non-hydrogen) atoms. The molecule has 3 nitrogen and oxygen atoms in total. The van der Waals surface area contributed by atoms with E-state index in [0.717, 1.165) is 5.56 Å². The number of hydrogen-bond donors (Lipinski definition) is 1. The fourth-order valence-corrected chi connectivity index (χ4v) is 3.56. The van der Waals surface area contributed by atoms with Gasteiger partial charge in [0.25, 0.3) is 0 Å². The summed E-state index contributed by atoms with van der Waals surface area (Å²) in [5.41, 5.74) is 7.64. The Morgan fingerprint density at radius 1 is 1.16 bits per heavy atom. The predicted molar refractivity (Wildman–Crippen MR) is 77.9 cm³/mol. The Bertz CT molecular complexity index is 711. The molecule has 100 valence electrons. The van der Waals surface area contributed by atoms with Gasteiger partial charge < -0.3 is 5.73 Å². The fourth-order valence-electron chi connectivity index (χ4n) is 1.88. The van der Waals surface area contributed by atoms with Gasteiger partial charge in [-0.05, 0) is 42.3 Å². The van der Waals surface area contributed by atoms with E-state index < -0.39 is 9.84 Å². The van der Waals surface area contributed by atoms with E-state index in [1.54, 1.807) is 42.5 Å². The molecule has 0 saturated carbocycles. The maximum Gasteiger partial charge on any atom is 0.184 e. The Labute approximate surface area is 117 Å². The molecular weight excluding hydrogens is 282 g/mol. The molecule has 0 aliphatic carbocycles. The lowest BCUT2D eigenvalue weighted by molar-refractivity contribution is 0.595. The van der Waals surface area contributed by atoms with E-state index >= 15 is 0 Å². The second-order valence-electron chi connectivity index (χ2n) is 4.43. The second-order valence-corrected chi connectivity index (χ2v) is 6.82. The van der Waals surface area contributed by atoms with Gasteiger partial charge in [-0.2, -0.15) is 0 Å². The molecule has 0 fully saturated rings. The van der Waals surface area contributed by atoms with Gasteiger partial charge >= 0.3 is 0 Å². The van der Waals surface area contributed by atoms with E-state index in [-0.39, 0.29) is 16.3 Å². The van der Waals surface area contributed by atoms with Crippen LogP contribution in [0.2, 0.25) is 5.02 Å². The van der Waals surface area contributed by atoms with Gasteiger partial charge in [-0.1, -0.05) is 29.8 Å². The van der Waals surface area contributed by atoms with Crippen molar-refractivity contribution < 1.29 is 8.42 Å². The van der Waals surface area contributed by atoms with Crippen LogP contribution in [0.15, 0.2) is 47.4 Å². The van der Waals surface area contributed by atoms with Gasteiger partial charge in [-0.3, -0.25) is 0 Å². The highest BCUT2D eigenvalue weighted by molar-refractivity contribution is 7.90. The first-order chi connectivity index (χ1) is 8.88. The van der Waals surface area contributed by atoms with Crippen molar-refractivity contribution in [1.29, 1.82) is 0 Å². The highest BCUT2D eigenvalue weighted by Gasteiger charge is 2.18. The highest BCUT2D eigenvalue weighted by atomic mass is 35.5. The molecular formula is C14H14ClNO2S. The third kappa shape index (κ3) is 3.28. The fraction of sp³-hybridized carbons (Fsp3) is 0.143. The minimum Gasteiger partial charge on any atom is -0.398 e. The van der Waals surface area contributed by atoms with Gasteiger partial charge in [0.2, 0.25) is 0 Å². The molecule has 0 bridgehead atoms. The SMILES string of the molecule is Cc1ccc(S(=O)(=O)Cc2cccc(Cl)c2)c(N)c1. The average Bonchev–Trinajstić information content (AvgIpc) is 2.27. The molecule has 2 rings (SSSR count). The van der Waals surface area contributed by atoms with Crippen molar-refractivity contribution in [2.75, 3.05) is 5.73 Å². The molecule has 0 saturated heterocycles. The van der Waals surface area contributed by atoms with Crippen LogP contribution in [0.3, 0.4) is 0 Å². The Balaban J connectivity index is 2.38. The lowest BCUT2D eigenvalue weighted by Crippen LogP contribution is -2.08. The van der Waals surface area contributed by atoms with Crippen LogP contribution in [-0.4, -0.2) is 8.42 Å². The quantitative estimate of drug-likeness (QED) is 0.885. The van der Waals surface area contributed by atoms with E-state index in [0.29, 0.717) is 10.6 Å². The zero-order chi connectivity index (χ0) is 14.0. The molecule has 0 unspecified atom stereocenters. The number of aryl methyl sites for hydroxylation is 1. The number of anilines is 1. The summed E-state index contributed by atoms with van der Waals surface area (Å²) in [6.45, 7) is 1.86. The predicted octanol–water partition coefficient (Wildman–Crippen LogP) is 3.20. The summed E-state index contributed by atoms with van der Waals surface area (Å²) in [6, 6.07) is 11.7. The smallest absolute Gasteiger partial charge is 0.184 e. The first-order valence-corrected chi connectivity index (χ1v) is 7.75. The van der Waals surface area contributed by atoms with Crippen LogP contribution >= 0.6 is 11.6 Å². The second kappa shape index (κ2) is 5.23. The number of rotatable bonds is 3. The van der Waals surface area contributed by atoms with Crippen molar-refractivity contribution in [1.82, 2.24) is 0 Å². The van der Waals surface area contributed by atoms with Crippen LogP contribution in [0.4, 0.5) is 5.69 Å². The van der Waals surface area contributed by atoms with E-state index in [4.69, 9.17) is 17.3 Å². The molecule has 0 spiro atoms. The van der Waals surface area contributed by atoms with Gasteiger partial charge in [0.1, 0.15) is 0 Å². The molecule has 0 atom stereocenters. The van der Waals surface area contributed by atoms with Crippen LogP contribution in [-0.2, 0) is 15.6 Å². The van der Waals surface area contributed by atoms with Crippen molar-refractivity contribution in [2.45, 2.75) is 17.6 Å². The molecule has 2 aromatic rings. The molecule has 0 amide bonds. The first kappa shape index (κ1) is 13.9. The largest absolute Gasteiger partial charge is 0.398 e. The van der Waals surface area contributed by atoms with Crippen molar-refractivity contribution >= 4 is 27.1 Å². The molecule has 2 aromatic carbocycles. The average molecular weight is 296 g/mol. The van der Waals surface area contributed by atoms with Gasteiger partial charge in [-0.15, -0.1) is 0 Å². The lowest BCUT2D eigenvalue weighted by Gasteiger charge is -2.08. The molecule has 5 heteroatoms. The standard InChI is InChI=1S/C14H14ClNO2S/c1-10-5-6-14(13(16)7-10)19(17,18)9-11-3-2-4-12(15)8-11/h2-8H,9,16H2,1H3. The Kier molecular flexibility index (Phi) is 3.83. The van der Waals surface area contributed by atoms with E-state index in [1.165, 1.54) is 0 Å². The van der Waals surface area contributed by atoms with Crippen molar-refractivity contribution in [3.8, 4) is 0 Å². The van der Waals surface area contributed by atoms with Crippen molar-refractivity contribution in [3.05, 3.63) is 58.6 Å². The number of hydrogen-bond acceptors (Lipinski definition) is 3. The van der Waals surface area contributed by atoms with Crippen LogP contribution in [0.1, 0.15) is 11.1 Å². The monoisotopic (exact) mass is 295 g/mol. The third-order valence-corrected chi connectivity index (χ3v) is 4.74. The molecule has 0 radical (unpaired) electrons. The summed E-state index contributed by atoms with van der Waals surface area (Å²) in [6.07, 6.45) is 0. The summed E-state index contributed by atoms with van der Waals surface area (Å²) >= 11 is 5.85. The lowest BCUT2D eigenvalue weighted by atomic mass is 10.2. The minimum atomic E-state index is -3.46. The minimum absolute atomic E-state index is 0.110. The molecule has 0 heterocycles. The maximum absolute atomic E-state index is 12.3. The topological polar surface area (TPSA) is 60.2 Å². The Morgan fingerprint density at radius 3 is 2.53 bits per heavy atom. The Morgan fingerprint density at radius 2 is 1.89 bits per heavy atom. The number of nitrogens with two attached hydrogens (primary N) is 1. The van der Waals surface area contributed by atoms with Gasteiger partial charge in [0, 0.05) is 5.02 Å². The van der Waals surface area contributed by atoms with Gasteiger partial charge in [-0.25, -0.2) is 8.42 Å². The molecule has 0 aliphatic rings. The van der Waals surface area contributed by atoms with E-state index in [2.05, 4.69) is 0 Å². The number of halogens is 1.